The lowest BCUT2D eigenvalue weighted by molar-refractivity contribution is -0.139. The first-order valence-corrected chi connectivity index (χ1v) is 4.09. The summed E-state index contributed by atoms with van der Waals surface area (Å²) in [7, 11) is 1.32. The van der Waals surface area contributed by atoms with E-state index in [-0.39, 0.29) is 12.4 Å². The smallest absolute Gasteiger partial charge is 0.310 e. The molecule has 0 saturated carbocycles. The van der Waals surface area contributed by atoms with Gasteiger partial charge in [-0.25, -0.2) is 0 Å². The highest BCUT2D eigenvalue weighted by Crippen LogP contribution is 2.12. The highest BCUT2D eigenvalue weighted by Gasteiger charge is 2.10. The number of pyridine rings is 1. The predicted molar refractivity (Wildman–Crippen MR) is 49.4 cm³/mol. The van der Waals surface area contributed by atoms with Crippen LogP contribution < -0.4 is 0 Å². The van der Waals surface area contributed by atoms with Gasteiger partial charge in [-0.15, -0.1) is 0 Å². The van der Waals surface area contributed by atoms with Crippen molar-refractivity contribution in [3.8, 4) is 6.07 Å². The van der Waals surface area contributed by atoms with Crippen LogP contribution in [0.2, 0.25) is 0 Å². The Balaban J connectivity index is 3.06. The maximum Gasteiger partial charge on any atom is 0.310 e. The average Bonchev–Trinajstić information content (AvgIpc) is 2.20. The van der Waals surface area contributed by atoms with Crippen LogP contribution in [0.1, 0.15) is 16.7 Å². The molecule has 0 atom stereocenters. The van der Waals surface area contributed by atoms with Crippen molar-refractivity contribution in [3.63, 3.8) is 0 Å². The fourth-order valence-corrected chi connectivity index (χ4v) is 1.14. The van der Waals surface area contributed by atoms with E-state index in [1.54, 1.807) is 6.20 Å². The Morgan fingerprint density at radius 1 is 1.64 bits per heavy atom. The average molecular weight is 190 g/mol. The minimum atomic E-state index is -0.351. The molecule has 0 radical (unpaired) electrons. The Labute approximate surface area is 82.1 Å². The van der Waals surface area contributed by atoms with Crippen LogP contribution in [0.25, 0.3) is 0 Å². The summed E-state index contributed by atoms with van der Waals surface area (Å²) in [5.41, 5.74) is 1.94. The number of nitrogens with zero attached hydrogens (tertiary/aromatic N) is 2. The molecule has 0 N–H and O–H groups in total. The van der Waals surface area contributed by atoms with Crippen molar-refractivity contribution in [2.75, 3.05) is 7.11 Å². The van der Waals surface area contributed by atoms with Crippen LogP contribution in [0.4, 0.5) is 0 Å². The molecule has 4 nitrogen and oxygen atoms in total. The quantitative estimate of drug-likeness (QED) is 0.652. The van der Waals surface area contributed by atoms with Crippen LogP contribution in [0.5, 0.6) is 0 Å². The van der Waals surface area contributed by atoms with Crippen LogP contribution in [0.15, 0.2) is 12.4 Å². The van der Waals surface area contributed by atoms with Crippen LogP contribution in [0.3, 0.4) is 0 Å². The molecule has 0 saturated heterocycles. The van der Waals surface area contributed by atoms with E-state index in [4.69, 9.17) is 5.26 Å². The van der Waals surface area contributed by atoms with Gasteiger partial charge >= 0.3 is 5.97 Å². The zero-order valence-electron chi connectivity index (χ0n) is 8.07. The summed E-state index contributed by atoms with van der Waals surface area (Å²) in [6.45, 7) is 1.81. The van der Waals surface area contributed by atoms with Crippen molar-refractivity contribution in [3.05, 3.63) is 29.1 Å². The lowest BCUT2D eigenvalue weighted by atomic mass is 10.0. The number of nitriles is 1. The molecule has 72 valence electrons. The third-order valence-corrected chi connectivity index (χ3v) is 1.94. The Morgan fingerprint density at radius 3 is 2.93 bits per heavy atom. The molecule has 14 heavy (non-hydrogen) atoms. The van der Waals surface area contributed by atoms with Crippen LogP contribution in [0, 0.1) is 18.3 Å². The maximum absolute atomic E-state index is 11.0. The van der Waals surface area contributed by atoms with Crippen LogP contribution in [-0.2, 0) is 16.0 Å². The third-order valence-electron chi connectivity index (χ3n) is 1.94. The first kappa shape index (κ1) is 10.2. The second-order valence-corrected chi connectivity index (χ2v) is 2.85. The first-order valence-electron chi connectivity index (χ1n) is 4.09. The molecule has 1 aromatic rings. The summed E-state index contributed by atoms with van der Waals surface area (Å²) >= 11 is 0. The number of methoxy groups -OCH3 is 1. The number of hydrogen-bond donors (Lipinski definition) is 0. The number of carbonyl (C=O) groups is 1. The van der Waals surface area contributed by atoms with Gasteiger partial charge in [0, 0.05) is 12.4 Å². The van der Waals surface area contributed by atoms with E-state index in [0.717, 1.165) is 5.56 Å². The van der Waals surface area contributed by atoms with Crippen LogP contribution >= 0.6 is 0 Å². The standard InChI is InChI=1S/C10H10N2O2/c1-7-5-12-6-8(4-11)9(7)3-10(13)14-2/h5-6H,3H2,1-2H3. The third kappa shape index (κ3) is 2.07. The van der Waals surface area contributed by atoms with E-state index in [1.165, 1.54) is 13.3 Å². The topological polar surface area (TPSA) is 63.0 Å². The van der Waals surface area contributed by atoms with Gasteiger partial charge < -0.3 is 4.74 Å². The number of carbonyl (C=O) groups excluding carboxylic acids is 1. The summed E-state index contributed by atoms with van der Waals surface area (Å²) in [5, 5.41) is 8.79. The summed E-state index contributed by atoms with van der Waals surface area (Å²) in [6, 6.07) is 2.00. The lowest BCUT2D eigenvalue weighted by Gasteiger charge is -2.05. The molecule has 0 bridgehead atoms. The number of rotatable bonds is 2. The minimum absolute atomic E-state index is 0.119. The second-order valence-electron chi connectivity index (χ2n) is 2.85. The molecule has 0 fully saturated rings. The largest absolute Gasteiger partial charge is 0.469 e. The molecule has 0 aromatic carbocycles. The molecule has 1 rings (SSSR count). The number of ether oxygens (including phenoxy) is 1. The minimum Gasteiger partial charge on any atom is -0.469 e. The maximum atomic E-state index is 11.0. The fraction of sp³-hybridized carbons (Fsp3) is 0.300. The van der Waals surface area contributed by atoms with Gasteiger partial charge in [0.15, 0.2) is 0 Å². The Kier molecular flexibility index (Phi) is 3.19. The van der Waals surface area contributed by atoms with Gasteiger partial charge in [0.2, 0.25) is 0 Å². The van der Waals surface area contributed by atoms with Gasteiger partial charge in [0.1, 0.15) is 6.07 Å². The lowest BCUT2D eigenvalue weighted by Crippen LogP contribution is -2.08. The van der Waals surface area contributed by atoms with E-state index < -0.39 is 0 Å². The highest BCUT2D eigenvalue weighted by atomic mass is 16.5. The Morgan fingerprint density at radius 2 is 2.36 bits per heavy atom. The van der Waals surface area contributed by atoms with Gasteiger partial charge in [0.25, 0.3) is 0 Å². The molecule has 0 aliphatic carbocycles. The normalized spacial score (nSPS) is 9.21. The second kappa shape index (κ2) is 4.38. The molecule has 0 spiro atoms. The number of aromatic nitrogens is 1. The van der Waals surface area contributed by atoms with Crippen molar-refractivity contribution in [2.24, 2.45) is 0 Å². The van der Waals surface area contributed by atoms with Crippen molar-refractivity contribution in [1.82, 2.24) is 4.98 Å². The zero-order chi connectivity index (χ0) is 10.6. The summed E-state index contributed by atoms with van der Waals surface area (Å²) in [5.74, 6) is -0.351. The predicted octanol–water partition coefficient (Wildman–Crippen LogP) is 0.977. The Hall–Kier alpha value is -1.89. The van der Waals surface area contributed by atoms with Crippen molar-refractivity contribution < 1.29 is 9.53 Å². The van der Waals surface area contributed by atoms with E-state index >= 15 is 0 Å². The Bertz CT molecular complexity index is 394. The van der Waals surface area contributed by atoms with Gasteiger partial charge in [0.05, 0.1) is 19.1 Å². The highest BCUT2D eigenvalue weighted by molar-refractivity contribution is 5.73. The fourth-order valence-electron chi connectivity index (χ4n) is 1.14. The van der Waals surface area contributed by atoms with Gasteiger partial charge in [-0.2, -0.15) is 5.26 Å². The molecule has 1 heterocycles. The number of hydrogen-bond acceptors (Lipinski definition) is 4. The van der Waals surface area contributed by atoms with E-state index in [0.29, 0.717) is 11.1 Å². The molecule has 0 aliphatic heterocycles. The van der Waals surface area contributed by atoms with Crippen molar-refractivity contribution in [2.45, 2.75) is 13.3 Å². The van der Waals surface area contributed by atoms with Gasteiger partial charge in [-0.05, 0) is 18.1 Å². The molecular formula is C10H10N2O2. The molecule has 0 aliphatic rings. The molecular weight excluding hydrogens is 180 g/mol. The van der Waals surface area contributed by atoms with Crippen molar-refractivity contribution in [1.29, 1.82) is 5.26 Å². The summed E-state index contributed by atoms with van der Waals surface area (Å²) < 4.78 is 4.54. The molecule has 4 heteroatoms. The van der Waals surface area contributed by atoms with E-state index in [1.807, 2.05) is 13.0 Å². The summed E-state index contributed by atoms with van der Waals surface area (Å²) in [4.78, 5) is 14.9. The molecule has 1 aromatic heterocycles. The SMILES string of the molecule is COC(=O)Cc1c(C)cncc1C#N. The number of aryl methyl sites for hydroxylation is 1. The first-order chi connectivity index (χ1) is 6.69. The molecule has 0 unspecified atom stereocenters. The van der Waals surface area contributed by atoms with Gasteiger partial charge in [-0.3, -0.25) is 9.78 Å². The van der Waals surface area contributed by atoms with Crippen LogP contribution in [-0.4, -0.2) is 18.1 Å². The summed E-state index contributed by atoms with van der Waals surface area (Å²) in [6.07, 6.45) is 3.19. The zero-order valence-corrected chi connectivity index (χ0v) is 8.07. The van der Waals surface area contributed by atoms with E-state index in [9.17, 15) is 4.79 Å². The van der Waals surface area contributed by atoms with Crippen molar-refractivity contribution >= 4 is 5.97 Å². The van der Waals surface area contributed by atoms with E-state index in [2.05, 4.69) is 9.72 Å². The monoisotopic (exact) mass is 190 g/mol. The molecule has 0 amide bonds. The number of esters is 1. The van der Waals surface area contributed by atoms with Gasteiger partial charge in [-0.1, -0.05) is 0 Å².